The molecule has 2 unspecified atom stereocenters. The molecule has 0 aliphatic rings. The molecule has 0 bridgehead atoms. The first-order valence-corrected chi connectivity index (χ1v) is 6.43. The Morgan fingerprint density at radius 1 is 1.42 bits per heavy atom. The van der Waals surface area contributed by atoms with Gasteiger partial charge in [-0.2, -0.15) is 0 Å². The van der Waals surface area contributed by atoms with Crippen LogP contribution in [0.3, 0.4) is 0 Å². The molecule has 1 rings (SSSR count). The zero-order valence-electron chi connectivity index (χ0n) is 10.4. The number of anilines is 1. The van der Waals surface area contributed by atoms with Gasteiger partial charge in [0.2, 0.25) is 5.91 Å². The number of nitrogens with two attached hydrogens (primary N) is 1. The van der Waals surface area contributed by atoms with Gasteiger partial charge in [0.1, 0.15) is 6.10 Å². The monoisotopic (exact) mass is 306 g/mol. The van der Waals surface area contributed by atoms with Gasteiger partial charge < -0.3 is 21.3 Å². The van der Waals surface area contributed by atoms with Gasteiger partial charge in [-0.1, -0.05) is 23.2 Å². The molecule has 0 saturated carbocycles. The topological polar surface area (TPSA) is 95.6 Å². The van der Waals surface area contributed by atoms with Crippen LogP contribution in [0.15, 0.2) is 12.1 Å². The van der Waals surface area contributed by atoms with Crippen LogP contribution >= 0.6 is 23.2 Å². The highest BCUT2D eigenvalue weighted by atomic mass is 35.5. The number of carbonyl (C=O) groups is 1. The van der Waals surface area contributed by atoms with E-state index in [1.807, 2.05) is 0 Å². The minimum atomic E-state index is -1.22. The van der Waals surface area contributed by atoms with Gasteiger partial charge >= 0.3 is 0 Å². The first kappa shape index (κ1) is 16.0. The Kier molecular flexibility index (Phi) is 5.87. The molecular formula is C12H16Cl2N2O3. The SMILES string of the molecule is CC(=O)NCCC(O)C(O)c1cc(Cl)cc(Cl)c1N. The fourth-order valence-electron chi connectivity index (χ4n) is 1.61. The van der Waals surface area contributed by atoms with Crippen molar-refractivity contribution in [3.63, 3.8) is 0 Å². The van der Waals surface area contributed by atoms with Crippen LogP contribution in [0, 0.1) is 0 Å². The molecule has 1 aromatic carbocycles. The average Bonchev–Trinajstić information content (AvgIpc) is 2.32. The van der Waals surface area contributed by atoms with Crippen LogP contribution in [0.1, 0.15) is 25.0 Å². The molecule has 0 aliphatic carbocycles. The summed E-state index contributed by atoms with van der Waals surface area (Å²) in [7, 11) is 0. The molecule has 0 aromatic heterocycles. The van der Waals surface area contributed by atoms with Crippen LogP contribution in [0.2, 0.25) is 10.0 Å². The molecule has 7 heteroatoms. The predicted molar refractivity (Wildman–Crippen MR) is 75.1 cm³/mol. The number of hydrogen-bond acceptors (Lipinski definition) is 4. The highest BCUT2D eigenvalue weighted by Gasteiger charge is 2.22. The second kappa shape index (κ2) is 6.96. The average molecular weight is 307 g/mol. The summed E-state index contributed by atoms with van der Waals surface area (Å²) >= 11 is 11.7. The van der Waals surface area contributed by atoms with Gasteiger partial charge in [-0.25, -0.2) is 0 Å². The number of rotatable bonds is 5. The maximum Gasteiger partial charge on any atom is 0.216 e. The number of amides is 1. The molecule has 0 radical (unpaired) electrons. The molecule has 0 fully saturated rings. The lowest BCUT2D eigenvalue weighted by molar-refractivity contribution is -0.119. The van der Waals surface area contributed by atoms with Gasteiger partial charge in [0.05, 0.1) is 16.8 Å². The molecule has 19 heavy (non-hydrogen) atoms. The van der Waals surface area contributed by atoms with E-state index in [9.17, 15) is 15.0 Å². The van der Waals surface area contributed by atoms with Crippen molar-refractivity contribution in [3.05, 3.63) is 27.7 Å². The second-order valence-corrected chi connectivity index (χ2v) is 5.02. The normalized spacial score (nSPS) is 13.9. The maximum absolute atomic E-state index is 10.7. The summed E-state index contributed by atoms with van der Waals surface area (Å²) in [6.07, 6.45) is -2.11. The minimum Gasteiger partial charge on any atom is -0.397 e. The summed E-state index contributed by atoms with van der Waals surface area (Å²) < 4.78 is 0. The molecule has 0 heterocycles. The lowest BCUT2D eigenvalue weighted by Gasteiger charge is -2.20. The maximum atomic E-state index is 10.7. The highest BCUT2D eigenvalue weighted by molar-refractivity contribution is 6.36. The summed E-state index contributed by atoms with van der Waals surface area (Å²) in [6, 6.07) is 2.91. The van der Waals surface area contributed by atoms with Crippen LogP contribution < -0.4 is 11.1 Å². The Hall–Kier alpha value is -1.01. The van der Waals surface area contributed by atoms with Crippen LogP contribution in [0.25, 0.3) is 0 Å². The molecular weight excluding hydrogens is 291 g/mol. The number of aliphatic hydroxyl groups excluding tert-OH is 2. The number of halogens is 2. The van der Waals surface area contributed by atoms with Crippen LogP contribution in [0.4, 0.5) is 5.69 Å². The van der Waals surface area contributed by atoms with Crippen molar-refractivity contribution in [1.29, 1.82) is 0 Å². The van der Waals surface area contributed by atoms with Crippen molar-refractivity contribution in [1.82, 2.24) is 5.32 Å². The van der Waals surface area contributed by atoms with Crippen molar-refractivity contribution in [2.75, 3.05) is 12.3 Å². The summed E-state index contributed by atoms with van der Waals surface area (Å²) in [4.78, 5) is 10.7. The van der Waals surface area contributed by atoms with E-state index in [4.69, 9.17) is 28.9 Å². The number of nitrogens with one attached hydrogen (secondary N) is 1. The van der Waals surface area contributed by atoms with E-state index >= 15 is 0 Å². The van der Waals surface area contributed by atoms with Gasteiger partial charge in [-0.05, 0) is 18.6 Å². The molecule has 1 amide bonds. The van der Waals surface area contributed by atoms with E-state index in [1.165, 1.54) is 19.1 Å². The number of hydrogen-bond donors (Lipinski definition) is 4. The minimum absolute atomic E-state index is 0.178. The lowest BCUT2D eigenvalue weighted by atomic mass is 10.0. The van der Waals surface area contributed by atoms with Gasteiger partial charge in [0.25, 0.3) is 0 Å². The van der Waals surface area contributed by atoms with E-state index in [0.717, 1.165) is 0 Å². The largest absolute Gasteiger partial charge is 0.397 e. The van der Waals surface area contributed by atoms with Gasteiger partial charge in [0, 0.05) is 24.1 Å². The van der Waals surface area contributed by atoms with E-state index < -0.39 is 12.2 Å². The summed E-state index contributed by atoms with van der Waals surface area (Å²) in [5, 5.41) is 22.9. The fraction of sp³-hybridized carbons (Fsp3) is 0.417. The third-order valence-corrected chi connectivity index (χ3v) is 3.15. The molecule has 0 saturated heterocycles. The van der Waals surface area contributed by atoms with E-state index in [-0.39, 0.29) is 35.1 Å². The summed E-state index contributed by atoms with van der Waals surface area (Å²) in [5.41, 5.74) is 6.18. The quantitative estimate of drug-likeness (QED) is 0.620. The molecule has 0 aliphatic heterocycles. The van der Waals surface area contributed by atoms with Crippen molar-refractivity contribution in [2.45, 2.75) is 25.6 Å². The third kappa shape index (κ3) is 4.54. The molecule has 106 valence electrons. The highest BCUT2D eigenvalue weighted by Crippen LogP contribution is 2.33. The Bertz CT molecular complexity index is 469. The lowest BCUT2D eigenvalue weighted by Crippen LogP contribution is -2.28. The number of nitrogen functional groups attached to an aromatic ring is 1. The standard InChI is InChI=1S/C12H16Cl2N2O3/c1-6(17)16-3-2-10(18)12(19)8-4-7(13)5-9(14)11(8)15/h4-5,10,12,18-19H,2-3,15H2,1H3,(H,16,17). The molecule has 1 aromatic rings. The Morgan fingerprint density at radius 3 is 2.63 bits per heavy atom. The predicted octanol–water partition coefficient (Wildman–Crippen LogP) is 1.50. The Labute approximate surface area is 121 Å². The van der Waals surface area contributed by atoms with Gasteiger partial charge in [-0.3, -0.25) is 4.79 Å². The number of aliphatic hydroxyl groups is 2. The Morgan fingerprint density at radius 2 is 2.05 bits per heavy atom. The second-order valence-electron chi connectivity index (χ2n) is 4.17. The zero-order valence-corrected chi connectivity index (χ0v) is 11.9. The molecule has 5 nitrogen and oxygen atoms in total. The summed E-state index contributed by atoms with van der Waals surface area (Å²) in [6.45, 7) is 1.62. The first-order chi connectivity index (χ1) is 8.82. The Balaban J connectivity index is 2.76. The smallest absolute Gasteiger partial charge is 0.216 e. The van der Waals surface area contributed by atoms with E-state index in [1.54, 1.807) is 0 Å². The number of benzene rings is 1. The molecule has 2 atom stereocenters. The van der Waals surface area contributed by atoms with E-state index in [0.29, 0.717) is 5.02 Å². The van der Waals surface area contributed by atoms with Crippen molar-refractivity contribution in [3.8, 4) is 0 Å². The summed E-state index contributed by atoms with van der Waals surface area (Å²) in [5.74, 6) is -0.202. The van der Waals surface area contributed by atoms with Gasteiger partial charge in [0.15, 0.2) is 0 Å². The van der Waals surface area contributed by atoms with Crippen LogP contribution in [-0.2, 0) is 4.79 Å². The van der Waals surface area contributed by atoms with Crippen molar-refractivity contribution >= 4 is 34.8 Å². The number of carbonyl (C=O) groups excluding carboxylic acids is 1. The third-order valence-electron chi connectivity index (χ3n) is 2.62. The van der Waals surface area contributed by atoms with Crippen molar-refractivity contribution in [2.24, 2.45) is 0 Å². The first-order valence-electron chi connectivity index (χ1n) is 5.68. The van der Waals surface area contributed by atoms with E-state index in [2.05, 4.69) is 5.32 Å². The van der Waals surface area contributed by atoms with Gasteiger partial charge in [-0.15, -0.1) is 0 Å². The van der Waals surface area contributed by atoms with Crippen LogP contribution in [0.5, 0.6) is 0 Å². The molecule has 5 N–H and O–H groups in total. The van der Waals surface area contributed by atoms with Crippen molar-refractivity contribution < 1.29 is 15.0 Å². The fourth-order valence-corrected chi connectivity index (χ4v) is 2.12. The zero-order chi connectivity index (χ0) is 14.6. The van der Waals surface area contributed by atoms with Crippen LogP contribution in [-0.4, -0.2) is 28.8 Å². The molecule has 0 spiro atoms.